The molecule has 0 aliphatic carbocycles. The molecule has 0 amide bonds. The lowest BCUT2D eigenvalue weighted by Crippen LogP contribution is -2.40. The topological polar surface area (TPSA) is 29.5 Å². The van der Waals surface area contributed by atoms with E-state index in [2.05, 4.69) is 29.2 Å². The van der Waals surface area contributed by atoms with Crippen LogP contribution >= 0.6 is 0 Å². The first kappa shape index (κ1) is 10.8. The zero-order valence-electron chi connectivity index (χ0n) is 9.84. The van der Waals surface area contributed by atoms with E-state index in [1.165, 1.54) is 5.56 Å². The van der Waals surface area contributed by atoms with Crippen molar-refractivity contribution in [3.63, 3.8) is 0 Å². The van der Waals surface area contributed by atoms with Crippen molar-refractivity contribution >= 4 is 5.97 Å². The number of rotatable bonds is 2. The smallest absolute Gasteiger partial charge is 0.310 e. The largest absolute Gasteiger partial charge is 0.465 e. The number of benzene rings is 1. The minimum atomic E-state index is 0.00719. The molecule has 3 rings (SSSR count). The fourth-order valence-corrected chi connectivity index (χ4v) is 2.82. The molecule has 1 aromatic rings. The third-order valence-corrected chi connectivity index (χ3v) is 3.83. The standard InChI is InChI=1S/C14H17NO2/c16-14-13-9-15(7-6-12(13)10-17-14)8-11-4-2-1-3-5-11/h1-5,12-13H,6-10H2/t12-,13-/m0/s1. The summed E-state index contributed by atoms with van der Waals surface area (Å²) in [5, 5.41) is 0. The van der Waals surface area contributed by atoms with Crippen LogP contribution in [0.3, 0.4) is 0 Å². The Bertz CT molecular complexity index is 404. The van der Waals surface area contributed by atoms with E-state index in [4.69, 9.17) is 4.74 Å². The number of nitrogens with zero attached hydrogens (tertiary/aromatic N) is 1. The summed E-state index contributed by atoms with van der Waals surface area (Å²) >= 11 is 0. The molecule has 0 saturated carbocycles. The SMILES string of the molecule is O=C1OC[C@@H]2CCN(Cc3ccccc3)C[C@H]12. The molecule has 2 heterocycles. The van der Waals surface area contributed by atoms with E-state index >= 15 is 0 Å². The van der Waals surface area contributed by atoms with Gasteiger partial charge in [-0.05, 0) is 18.5 Å². The Morgan fingerprint density at radius 3 is 2.94 bits per heavy atom. The predicted octanol–water partition coefficient (Wildman–Crippen LogP) is 1.68. The van der Waals surface area contributed by atoms with Gasteiger partial charge in [0, 0.05) is 19.0 Å². The maximum atomic E-state index is 11.6. The summed E-state index contributed by atoms with van der Waals surface area (Å²) in [6, 6.07) is 10.4. The van der Waals surface area contributed by atoms with E-state index in [1.807, 2.05) is 6.07 Å². The molecule has 2 aliphatic heterocycles. The summed E-state index contributed by atoms with van der Waals surface area (Å²) < 4.78 is 5.13. The maximum absolute atomic E-state index is 11.6. The highest BCUT2D eigenvalue weighted by molar-refractivity contribution is 5.75. The summed E-state index contributed by atoms with van der Waals surface area (Å²) in [6.07, 6.45) is 1.09. The molecule has 2 fully saturated rings. The van der Waals surface area contributed by atoms with Crippen molar-refractivity contribution in [1.82, 2.24) is 4.90 Å². The van der Waals surface area contributed by atoms with Gasteiger partial charge in [0.1, 0.15) is 0 Å². The van der Waals surface area contributed by atoms with Crippen molar-refractivity contribution in [1.29, 1.82) is 0 Å². The number of cyclic esters (lactones) is 1. The third kappa shape index (κ3) is 2.20. The number of likely N-dealkylation sites (tertiary alicyclic amines) is 1. The normalized spacial score (nSPS) is 28.8. The highest BCUT2D eigenvalue weighted by atomic mass is 16.5. The van der Waals surface area contributed by atoms with Crippen molar-refractivity contribution in [3.8, 4) is 0 Å². The minimum absolute atomic E-state index is 0.00719. The van der Waals surface area contributed by atoms with Crippen LogP contribution in [0.15, 0.2) is 30.3 Å². The van der Waals surface area contributed by atoms with Crippen LogP contribution in [0.2, 0.25) is 0 Å². The zero-order chi connectivity index (χ0) is 11.7. The minimum Gasteiger partial charge on any atom is -0.465 e. The van der Waals surface area contributed by atoms with E-state index in [0.717, 1.165) is 26.1 Å². The lowest BCUT2D eigenvalue weighted by molar-refractivity contribution is -0.142. The first-order chi connectivity index (χ1) is 8.33. The molecule has 0 spiro atoms. The van der Waals surface area contributed by atoms with Gasteiger partial charge in [-0.15, -0.1) is 0 Å². The fourth-order valence-electron chi connectivity index (χ4n) is 2.82. The van der Waals surface area contributed by atoms with Crippen LogP contribution < -0.4 is 0 Å². The highest BCUT2D eigenvalue weighted by Gasteiger charge is 2.40. The first-order valence-electron chi connectivity index (χ1n) is 6.26. The van der Waals surface area contributed by atoms with Crippen LogP contribution in [0, 0.1) is 11.8 Å². The molecule has 17 heavy (non-hydrogen) atoms. The summed E-state index contributed by atoms with van der Waals surface area (Å²) in [7, 11) is 0. The maximum Gasteiger partial charge on any atom is 0.310 e. The molecular formula is C14H17NO2. The third-order valence-electron chi connectivity index (χ3n) is 3.83. The fraction of sp³-hybridized carbons (Fsp3) is 0.500. The van der Waals surface area contributed by atoms with Gasteiger partial charge in [0.2, 0.25) is 0 Å². The molecule has 0 N–H and O–H groups in total. The molecule has 3 nitrogen and oxygen atoms in total. The van der Waals surface area contributed by atoms with Gasteiger partial charge in [0.25, 0.3) is 0 Å². The van der Waals surface area contributed by atoms with E-state index < -0.39 is 0 Å². The molecule has 90 valence electrons. The number of fused-ring (bicyclic) bond motifs is 1. The molecule has 1 aromatic carbocycles. The molecule has 0 unspecified atom stereocenters. The Hall–Kier alpha value is -1.35. The summed E-state index contributed by atoms with van der Waals surface area (Å²) in [6.45, 7) is 3.52. The molecule has 0 bridgehead atoms. The van der Waals surface area contributed by atoms with Gasteiger partial charge < -0.3 is 4.74 Å². The second-order valence-corrected chi connectivity index (χ2v) is 5.01. The van der Waals surface area contributed by atoms with Gasteiger partial charge in [0.05, 0.1) is 12.5 Å². The van der Waals surface area contributed by atoms with Crippen LogP contribution in [0.25, 0.3) is 0 Å². The monoisotopic (exact) mass is 231 g/mol. The Morgan fingerprint density at radius 2 is 2.12 bits per heavy atom. The number of piperidine rings is 1. The van der Waals surface area contributed by atoms with Gasteiger partial charge >= 0.3 is 5.97 Å². The van der Waals surface area contributed by atoms with Crippen molar-refractivity contribution in [2.45, 2.75) is 13.0 Å². The molecule has 0 aromatic heterocycles. The second-order valence-electron chi connectivity index (χ2n) is 5.01. The van der Waals surface area contributed by atoms with Crippen molar-refractivity contribution in [2.24, 2.45) is 11.8 Å². The average Bonchev–Trinajstić information content (AvgIpc) is 2.73. The van der Waals surface area contributed by atoms with Crippen molar-refractivity contribution in [3.05, 3.63) is 35.9 Å². The number of hydrogen-bond donors (Lipinski definition) is 0. The Balaban J connectivity index is 1.64. The van der Waals surface area contributed by atoms with Gasteiger partial charge in [0.15, 0.2) is 0 Å². The van der Waals surface area contributed by atoms with Gasteiger partial charge in [-0.25, -0.2) is 0 Å². The van der Waals surface area contributed by atoms with Crippen LogP contribution in [0.4, 0.5) is 0 Å². The van der Waals surface area contributed by atoms with Gasteiger partial charge in [-0.3, -0.25) is 9.69 Å². The average molecular weight is 231 g/mol. The van der Waals surface area contributed by atoms with Gasteiger partial charge in [-0.1, -0.05) is 30.3 Å². The van der Waals surface area contributed by atoms with E-state index in [1.54, 1.807) is 0 Å². The van der Waals surface area contributed by atoms with E-state index in [-0.39, 0.29) is 11.9 Å². The van der Waals surface area contributed by atoms with Crippen LogP contribution in [-0.4, -0.2) is 30.6 Å². The highest BCUT2D eigenvalue weighted by Crippen LogP contribution is 2.30. The second kappa shape index (κ2) is 4.49. The van der Waals surface area contributed by atoms with Crippen LogP contribution in [0.5, 0.6) is 0 Å². The zero-order valence-corrected chi connectivity index (χ0v) is 9.84. The van der Waals surface area contributed by atoms with E-state index in [9.17, 15) is 4.79 Å². The number of ether oxygens (including phenoxy) is 1. The molecule has 2 atom stereocenters. The number of carbonyl (C=O) groups excluding carboxylic acids is 1. The number of hydrogen-bond acceptors (Lipinski definition) is 3. The molecule has 3 heteroatoms. The lowest BCUT2D eigenvalue weighted by Gasteiger charge is -2.32. The summed E-state index contributed by atoms with van der Waals surface area (Å²) in [5.41, 5.74) is 1.32. The van der Waals surface area contributed by atoms with Gasteiger partial charge in [-0.2, -0.15) is 0 Å². The molecule has 2 aliphatic rings. The Kier molecular flexibility index (Phi) is 2.85. The Labute approximate surface area is 101 Å². The van der Waals surface area contributed by atoms with Crippen LogP contribution in [-0.2, 0) is 16.1 Å². The number of carbonyl (C=O) groups is 1. The Morgan fingerprint density at radius 1 is 1.29 bits per heavy atom. The molecule has 0 radical (unpaired) electrons. The predicted molar refractivity (Wildman–Crippen MR) is 64.3 cm³/mol. The van der Waals surface area contributed by atoms with E-state index in [0.29, 0.717) is 12.5 Å². The van der Waals surface area contributed by atoms with Crippen LogP contribution in [0.1, 0.15) is 12.0 Å². The summed E-state index contributed by atoms with van der Waals surface area (Å²) in [4.78, 5) is 13.9. The molecule has 2 saturated heterocycles. The molecular weight excluding hydrogens is 214 g/mol. The lowest BCUT2D eigenvalue weighted by atomic mass is 9.88. The quantitative estimate of drug-likeness (QED) is 0.725. The van der Waals surface area contributed by atoms with Crippen molar-refractivity contribution < 1.29 is 9.53 Å². The number of esters is 1. The first-order valence-corrected chi connectivity index (χ1v) is 6.26. The summed E-state index contributed by atoms with van der Waals surface area (Å²) in [5.74, 6) is 0.592. The van der Waals surface area contributed by atoms with Crippen molar-refractivity contribution in [2.75, 3.05) is 19.7 Å².